The molecule has 2 aromatic heterocycles. The van der Waals surface area contributed by atoms with Gasteiger partial charge in [0.25, 0.3) is 0 Å². The van der Waals surface area contributed by atoms with Gasteiger partial charge in [0.15, 0.2) is 0 Å². The molecule has 0 aliphatic heterocycles. The predicted molar refractivity (Wildman–Crippen MR) is 63.7 cm³/mol. The second-order valence-electron chi connectivity index (χ2n) is 2.77. The highest BCUT2D eigenvalue weighted by Crippen LogP contribution is 2.36. The van der Waals surface area contributed by atoms with Crippen molar-refractivity contribution in [3.8, 4) is 0 Å². The number of methoxy groups -OCH3 is 1. The summed E-state index contributed by atoms with van der Waals surface area (Å²) in [6, 6.07) is -1.95. The first-order chi connectivity index (χ1) is 10.2. The van der Waals surface area contributed by atoms with Gasteiger partial charge in [-0.05, 0) is 22.8 Å². The molecule has 0 spiro atoms. The molecule has 0 bridgehead atoms. The van der Waals surface area contributed by atoms with Crippen molar-refractivity contribution in [2.24, 2.45) is 0 Å². The molecule has 3 nitrogen and oxygen atoms in total. The molecule has 2 heterocycles. The molecule has 0 amide bonds. The molecular weight excluding hydrogens is 244 g/mol. The fourth-order valence-electron chi connectivity index (χ4n) is 1.13. The monoisotopic (exact) mass is 260 g/mol. The van der Waals surface area contributed by atoms with Crippen LogP contribution in [0.25, 0.3) is 0 Å². The molecule has 0 aromatic carbocycles. The third kappa shape index (κ3) is 1.67. The average molecular weight is 260 g/mol. The van der Waals surface area contributed by atoms with Crippen LogP contribution in [0.5, 0.6) is 0 Å². The van der Waals surface area contributed by atoms with Gasteiger partial charge in [0.05, 0.1) is 25.1 Å². The van der Waals surface area contributed by atoms with E-state index in [1.165, 1.54) is 0 Å². The van der Waals surface area contributed by atoms with Crippen molar-refractivity contribution in [2.75, 3.05) is 7.11 Å². The van der Waals surface area contributed by atoms with E-state index in [9.17, 15) is 9.90 Å². The summed E-state index contributed by atoms with van der Waals surface area (Å²) in [5.74, 6) is -1.20. The lowest BCUT2D eigenvalue weighted by Gasteiger charge is -2.22. The Kier molecular flexibility index (Phi) is 1.62. The van der Waals surface area contributed by atoms with Gasteiger partial charge in [0.1, 0.15) is 0 Å². The van der Waals surface area contributed by atoms with Gasteiger partial charge in [-0.3, -0.25) is 0 Å². The summed E-state index contributed by atoms with van der Waals surface area (Å²) < 4.78 is 50.4. The van der Waals surface area contributed by atoms with Gasteiger partial charge in [-0.1, -0.05) is 12.1 Å². The molecule has 0 fully saturated rings. The van der Waals surface area contributed by atoms with Crippen molar-refractivity contribution < 1.29 is 22.9 Å². The Bertz CT molecular complexity index is 701. The van der Waals surface area contributed by atoms with E-state index in [0.29, 0.717) is 22.7 Å². The van der Waals surface area contributed by atoms with Crippen LogP contribution in [0.1, 0.15) is 18.0 Å². The quantitative estimate of drug-likeness (QED) is 0.861. The number of aliphatic hydroxyl groups is 1. The maximum absolute atomic E-state index is 12.1. The number of ether oxygens (including phenoxy) is 1. The fourth-order valence-corrected chi connectivity index (χ4v) is 2.48. The van der Waals surface area contributed by atoms with Crippen LogP contribution in [0.3, 0.4) is 0 Å². The van der Waals surface area contributed by atoms with Crippen LogP contribution in [0.15, 0.2) is 34.9 Å². The lowest BCUT2D eigenvalue weighted by atomic mass is 10.0. The topological polar surface area (TPSA) is 46.5 Å². The van der Waals surface area contributed by atoms with Crippen LogP contribution >= 0.6 is 22.7 Å². The fraction of sp³-hybridized carbons (Fsp3) is 0.182. The van der Waals surface area contributed by atoms with Gasteiger partial charge < -0.3 is 9.84 Å². The van der Waals surface area contributed by atoms with Crippen LogP contribution in [0.2, 0.25) is 0 Å². The molecule has 5 heteroatoms. The summed E-state index contributed by atoms with van der Waals surface area (Å²) in [7, 11) is 1.01. The Balaban J connectivity index is 2.81. The maximum atomic E-state index is 12.1. The number of hydrogen-bond acceptors (Lipinski definition) is 5. The molecule has 0 unspecified atom stereocenters. The van der Waals surface area contributed by atoms with Crippen molar-refractivity contribution in [1.82, 2.24) is 0 Å². The lowest BCUT2D eigenvalue weighted by Crippen LogP contribution is -2.36. The van der Waals surface area contributed by atoms with Gasteiger partial charge >= 0.3 is 5.97 Å². The van der Waals surface area contributed by atoms with Crippen molar-refractivity contribution in [3.63, 3.8) is 0 Å². The summed E-state index contributed by atoms with van der Waals surface area (Å²) in [6.45, 7) is 0. The molecule has 0 aliphatic carbocycles. The third-order valence-electron chi connectivity index (χ3n) is 1.90. The number of carbonyl (C=O) groups excluding carboxylic acids is 1. The van der Waals surface area contributed by atoms with E-state index in [-0.39, 0.29) is 20.5 Å². The smallest absolute Gasteiger partial charge is 0.349 e. The van der Waals surface area contributed by atoms with E-state index in [1.54, 1.807) is 0 Å². The number of carbonyl (C=O) groups is 1. The highest BCUT2D eigenvalue weighted by atomic mass is 32.1. The minimum atomic E-state index is -2.58. The molecule has 0 saturated carbocycles. The number of thiophene rings is 2. The van der Waals surface area contributed by atoms with Gasteiger partial charge in [0, 0.05) is 0 Å². The normalized spacial score (nSPS) is 16.6. The van der Waals surface area contributed by atoms with Gasteiger partial charge in [-0.15, -0.1) is 22.7 Å². The van der Waals surface area contributed by atoms with E-state index >= 15 is 0 Å². The van der Waals surface area contributed by atoms with E-state index in [4.69, 9.17) is 8.22 Å². The van der Waals surface area contributed by atoms with Crippen molar-refractivity contribution in [3.05, 3.63) is 44.6 Å². The van der Waals surface area contributed by atoms with E-state index in [1.807, 2.05) is 0 Å². The zero-order chi connectivity index (χ0) is 16.8. The van der Waals surface area contributed by atoms with Gasteiger partial charge in [-0.2, -0.15) is 0 Å². The molecule has 0 aliphatic rings. The summed E-state index contributed by atoms with van der Waals surface area (Å²) in [5.41, 5.74) is -2.58. The standard InChI is InChI=1S/C11H10O3S2/c1-14-10(12)11(13,8-4-2-6-15-8)9-5-3-7-16-9/h2-7,13H,1H3/i2D,3D,4D,5D,6D,7D. The minimum Gasteiger partial charge on any atom is -0.466 e. The van der Waals surface area contributed by atoms with Crippen molar-refractivity contribution >= 4 is 28.6 Å². The largest absolute Gasteiger partial charge is 0.466 e. The highest BCUT2D eigenvalue weighted by Gasteiger charge is 2.43. The predicted octanol–water partition coefficient (Wildman–Crippen LogP) is 2.22. The summed E-state index contributed by atoms with van der Waals surface area (Å²) in [4.78, 5) is 11.5. The Hall–Kier alpha value is -1.17. The Morgan fingerprint density at radius 1 is 1.38 bits per heavy atom. The summed E-state index contributed by atoms with van der Waals surface area (Å²) >= 11 is 1.10. The molecule has 16 heavy (non-hydrogen) atoms. The van der Waals surface area contributed by atoms with Crippen molar-refractivity contribution in [2.45, 2.75) is 5.60 Å². The van der Waals surface area contributed by atoms with Crippen molar-refractivity contribution in [1.29, 1.82) is 0 Å². The molecule has 0 saturated heterocycles. The molecule has 2 aromatic rings. The third-order valence-corrected chi connectivity index (χ3v) is 3.51. The molecule has 1 N–H and O–H groups in total. The first-order valence-electron chi connectivity index (χ1n) is 7.11. The second kappa shape index (κ2) is 4.37. The summed E-state index contributed by atoms with van der Waals surface area (Å²) in [6.07, 6.45) is 0. The first kappa shape index (κ1) is 5.95. The lowest BCUT2D eigenvalue weighted by molar-refractivity contribution is -0.158. The molecule has 0 radical (unpaired) electrons. The molecule has 0 atom stereocenters. The Morgan fingerprint density at radius 2 is 1.88 bits per heavy atom. The van der Waals surface area contributed by atoms with E-state index in [0.717, 1.165) is 7.11 Å². The Labute approximate surface area is 109 Å². The number of esters is 1. The zero-order valence-electron chi connectivity index (χ0n) is 14.1. The number of hydrogen-bond donors (Lipinski definition) is 1. The van der Waals surface area contributed by atoms with Crippen LogP contribution < -0.4 is 0 Å². The van der Waals surface area contributed by atoms with Crippen LogP contribution in [0.4, 0.5) is 0 Å². The van der Waals surface area contributed by atoms with Gasteiger partial charge in [-0.25, -0.2) is 4.79 Å². The first-order valence-corrected chi connectivity index (χ1v) is 5.74. The van der Waals surface area contributed by atoms with E-state index < -0.39 is 35.7 Å². The minimum absolute atomic E-state index is 0.317. The van der Waals surface area contributed by atoms with Crippen LogP contribution in [0, 0.1) is 0 Å². The molecular formula is C11H10O3S2. The highest BCUT2D eigenvalue weighted by molar-refractivity contribution is 7.12. The SMILES string of the molecule is [2H]c1sc(C(O)(C(=O)OC)c2sc([2H])c([2H])c2[2H])c([2H])c1[2H]. The van der Waals surface area contributed by atoms with E-state index in [2.05, 4.69) is 4.74 Å². The van der Waals surface area contributed by atoms with Gasteiger partial charge in [0.2, 0.25) is 5.60 Å². The zero-order valence-corrected chi connectivity index (χ0v) is 9.71. The molecule has 84 valence electrons. The number of rotatable bonds is 3. The van der Waals surface area contributed by atoms with Crippen LogP contribution in [-0.4, -0.2) is 18.2 Å². The van der Waals surface area contributed by atoms with Crippen LogP contribution in [-0.2, 0) is 15.1 Å². The molecule has 2 rings (SSSR count). The summed E-state index contributed by atoms with van der Waals surface area (Å²) in [5, 5.41) is 10.2. The Morgan fingerprint density at radius 3 is 2.19 bits per heavy atom. The second-order valence-corrected chi connectivity index (χ2v) is 4.40. The maximum Gasteiger partial charge on any atom is 0.349 e. The average Bonchev–Trinajstić information content (AvgIpc) is 2.91.